The molecule has 114 valence electrons. The minimum absolute atomic E-state index is 0.0320. The summed E-state index contributed by atoms with van der Waals surface area (Å²) >= 11 is 5.85. The van der Waals surface area contributed by atoms with Gasteiger partial charge in [-0.15, -0.1) is 0 Å². The highest BCUT2D eigenvalue weighted by atomic mass is 35.5. The molecule has 3 N–H and O–H groups in total. The summed E-state index contributed by atoms with van der Waals surface area (Å²) in [7, 11) is 0. The number of carbonyl (C=O) groups is 1. The first-order chi connectivity index (χ1) is 10.3. The molecule has 0 amide bonds. The van der Waals surface area contributed by atoms with Crippen LogP contribution in [0.1, 0.15) is 10.4 Å². The van der Waals surface area contributed by atoms with E-state index < -0.39 is 28.0 Å². The molecule has 2 aromatic rings. The lowest BCUT2D eigenvalue weighted by atomic mass is 10.1. The summed E-state index contributed by atoms with van der Waals surface area (Å²) < 4.78 is 13.8. The molecule has 2 rings (SSSR count). The average Bonchev–Trinajstić information content (AvgIpc) is 2.43. The van der Waals surface area contributed by atoms with Gasteiger partial charge in [-0.2, -0.15) is 0 Å². The minimum Gasteiger partial charge on any atom is -0.507 e. The lowest BCUT2D eigenvalue weighted by molar-refractivity contribution is -0.384. The Kier molecular flexibility index (Phi) is 4.13. The molecule has 9 heteroatoms. The number of hydrogen-bond donors (Lipinski definition) is 3. The molecule has 0 atom stereocenters. The summed E-state index contributed by atoms with van der Waals surface area (Å²) in [5, 5.41) is 31.4. The SMILES string of the molecule is O=C(O)c1cc(F)c(Nc2ccc([N+](=O)[O-])cc2Cl)cc1O. The number of aromatic hydroxyl groups is 1. The number of nitrogens with one attached hydrogen (secondary N) is 1. The lowest BCUT2D eigenvalue weighted by Gasteiger charge is -2.11. The van der Waals surface area contributed by atoms with E-state index in [1.54, 1.807) is 0 Å². The molecule has 0 fully saturated rings. The second kappa shape index (κ2) is 5.86. The van der Waals surface area contributed by atoms with E-state index in [0.717, 1.165) is 18.2 Å². The Morgan fingerprint density at radius 2 is 1.95 bits per heavy atom. The second-order valence-electron chi connectivity index (χ2n) is 4.20. The van der Waals surface area contributed by atoms with Gasteiger partial charge in [0.1, 0.15) is 17.1 Å². The maximum atomic E-state index is 13.8. The summed E-state index contributed by atoms with van der Waals surface area (Å²) in [6, 6.07) is 5.04. The number of aromatic carboxylic acids is 1. The van der Waals surface area contributed by atoms with Crippen LogP contribution in [0.5, 0.6) is 5.75 Å². The molecule has 0 saturated carbocycles. The third-order valence-electron chi connectivity index (χ3n) is 2.75. The van der Waals surface area contributed by atoms with Gasteiger partial charge >= 0.3 is 5.97 Å². The summed E-state index contributed by atoms with van der Waals surface area (Å²) in [5.41, 5.74) is -0.884. The Labute approximate surface area is 127 Å². The molecule has 2 aromatic carbocycles. The lowest BCUT2D eigenvalue weighted by Crippen LogP contribution is -2.01. The van der Waals surface area contributed by atoms with Crippen LogP contribution >= 0.6 is 11.6 Å². The zero-order chi connectivity index (χ0) is 16.4. The molecule has 0 aromatic heterocycles. The molecule has 0 bridgehead atoms. The number of hydrogen-bond acceptors (Lipinski definition) is 5. The number of nitro groups is 1. The highest BCUT2D eigenvalue weighted by Crippen LogP contribution is 2.32. The van der Waals surface area contributed by atoms with Crippen molar-refractivity contribution in [1.29, 1.82) is 0 Å². The Morgan fingerprint density at radius 3 is 2.50 bits per heavy atom. The maximum absolute atomic E-state index is 13.8. The van der Waals surface area contributed by atoms with Gasteiger partial charge in [0.25, 0.3) is 5.69 Å². The van der Waals surface area contributed by atoms with Crippen molar-refractivity contribution in [3.8, 4) is 5.75 Å². The van der Waals surface area contributed by atoms with Gasteiger partial charge in [-0.05, 0) is 12.1 Å². The third-order valence-corrected chi connectivity index (χ3v) is 3.06. The predicted molar refractivity (Wildman–Crippen MR) is 76.4 cm³/mol. The highest BCUT2D eigenvalue weighted by molar-refractivity contribution is 6.33. The van der Waals surface area contributed by atoms with Crippen molar-refractivity contribution < 1.29 is 24.3 Å². The number of benzene rings is 2. The zero-order valence-electron chi connectivity index (χ0n) is 10.7. The van der Waals surface area contributed by atoms with E-state index in [4.69, 9.17) is 16.7 Å². The van der Waals surface area contributed by atoms with E-state index >= 15 is 0 Å². The molecular weight excluding hydrogens is 319 g/mol. The van der Waals surface area contributed by atoms with Gasteiger partial charge in [-0.1, -0.05) is 11.6 Å². The first kappa shape index (κ1) is 15.5. The average molecular weight is 327 g/mol. The van der Waals surface area contributed by atoms with Crippen LogP contribution in [0.2, 0.25) is 5.02 Å². The van der Waals surface area contributed by atoms with Crippen LogP contribution in [0.15, 0.2) is 30.3 Å². The summed E-state index contributed by atoms with van der Waals surface area (Å²) in [4.78, 5) is 20.7. The van der Waals surface area contributed by atoms with Crippen LogP contribution in [-0.2, 0) is 0 Å². The van der Waals surface area contributed by atoms with Gasteiger partial charge in [-0.3, -0.25) is 10.1 Å². The number of anilines is 2. The van der Waals surface area contributed by atoms with Crippen molar-refractivity contribution >= 4 is 34.6 Å². The highest BCUT2D eigenvalue weighted by Gasteiger charge is 2.16. The van der Waals surface area contributed by atoms with Crippen molar-refractivity contribution in [2.24, 2.45) is 0 Å². The monoisotopic (exact) mass is 326 g/mol. The molecular formula is C13H8ClFN2O5. The van der Waals surface area contributed by atoms with Gasteiger partial charge in [-0.25, -0.2) is 9.18 Å². The summed E-state index contributed by atoms with van der Waals surface area (Å²) in [6.45, 7) is 0. The predicted octanol–water partition coefficient (Wildman–Crippen LogP) is 3.53. The maximum Gasteiger partial charge on any atom is 0.339 e. The van der Waals surface area contributed by atoms with Crippen LogP contribution in [0.4, 0.5) is 21.5 Å². The van der Waals surface area contributed by atoms with Crippen LogP contribution < -0.4 is 5.32 Å². The Balaban J connectivity index is 2.37. The number of carboxylic acids is 1. The summed E-state index contributed by atoms with van der Waals surface area (Å²) in [5.74, 6) is -3.03. The number of nitro benzene ring substituents is 1. The van der Waals surface area contributed by atoms with E-state index in [0.29, 0.717) is 6.07 Å². The van der Waals surface area contributed by atoms with Crippen LogP contribution in [-0.4, -0.2) is 21.1 Å². The van der Waals surface area contributed by atoms with Gasteiger partial charge in [0.2, 0.25) is 0 Å². The number of carboxylic acid groups (broad SMARTS) is 1. The fourth-order valence-corrected chi connectivity index (χ4v) is 1.91. The Morgan fingerprint density at radius 1 is 1.27 bits per heavy atom. The summed E-state index contributed by atoms with van der Waals surface area (Å²) in [6.07, 6.45) is 0. The first-order valence-corrected chi connectivity index (χ1v) is 6.14. The number of rotatable bonds is 4. The van der Waals surface area contributed by atoms with E-state index in [-0.39, 0.29) is 22.1 Å². The quantitative estimate of drug-likeness (QED) is 0.585. The van der Waals surface area contributed by atoms with Gasteiger partial charge < -0.3 is 15.5 Å². The van der Waals surface area contributed by atoms with E-state index in [1.165, 1.54) is 6.07 Å². The first-order valence-electron chi connectivity index (χ1n) is 5.76. The van der Waals surface area contributed by atoms with Crippen LogP contribution in [0.25, 0.3) is 0 Å². The normalized spacial score (nSPS) is 10.3. The molecule has 0 aliphatic heterocycles. The van der Waals surface area contributed by atoms with Gasteiger partial charge in [0.05, 0.1) is 21.3 Å². The van der Waals surface area contributed by atoms with Gasteiger partial charge in [0.15, 0.2) is 0 Å². The number of phenols is 1. The number of non-ortho nitro benzene ring substituents is 1. The molecule has 0 heterocycles. The Bertz CT molecular complexity index is 781. The molecule has 7 nitrogen and oxygen atoms in total. The Hall–Kier alpha value is -2.87. The van der Waals surface area contributed by atoms with Crippen LogP contribution in [0, 0.1) is 15.9 Å². The molecule has 0 aliphatic carbocycles. The van der Waals surface area contributed by atoms with E-state index in [9.17, 15) is 24.4 Å². The van der Waals surface area contributed by atoms with E-state index in [2.05, 4.69) is 5.32 Å². The molecule has 0 unspecified atom stereocenters. The van der Waals surface area contributed by atoms with Crippen molar-refractivity contribution in [1.82, 2.24) is 0 Å². The zero-order valence-corrected chi connectivity index (χ0v) is 11.5. The fourth-order valence-electron chi connectivity index (χ4n) is 1.69. The van der Waals surface area contributed by atoms with Crippen molar-refractivity contribution in [3.63, 3.8) is 0 Å². The number of nitrogens with zero attached hydrogens (tertiary/aromatic N) is 1. The molecule has 0 spiro atoms. The van der Waals surface area contributed by atoms with E-state index in [1.807, 2.05) is 0 Å². The van der Waals surface area contributed by atoms with Crippen molar-refractivity contribution in [3.05, 3.63) is 56.8 Å². The topological polar surface area (TPSA) is 113 Å². The molecule has 0 aliphatic rings. The largest absolute Gasteiger partial charge is 0.507 e. The van der Waals surface area contributed by atoms with Crippen LogP contribution in [0.3, 0.4) is 0 Å². The molecule has 0 saturated heterocycles. The molecule has 22 heavy (non-hydrogen) atoms. The van der Waals surface area contributed by atoms with Crippen molar-refractivity contribution in [2.45, 2.75) is 0 Å². The molecule has 0 radical (unpaired) electrons. The second-order valence-corrected chi connectivity index (χ2v) is 4.61. The minimum atomic E-state index is -1.48. The fraction of sp³-hybridized carbons (Fsp3) is 0. The number of halogens is 2. The standard InChI is InChI=1S/C13H8ClFN2O5/c14-8-3-6(17(21)22)1-2-10(8)16-11-5-12(18)7(13(19)20)4-9(11)15/h1-5,16,18H,(H,19,20). The smallest absolute Gasteiger partial charge is 0.339 e. The van der Waals surface area contributed by atoms with Crippen molar-refractivity contribution in [2.75, 3.05) is 5.32 Å². The van der Waals surface area contributed by atoms with Gasteiger partial charge in [0, 0.05) is 18.2 Å². The third kappa shape index (κ3) is 3.07.